The Bertz CT molecular complexity index is 357. The van der Waals surface area contributed by atoms with E-state index in [-0.39, 0.29) is 6.04 Å². The van der Waals surface area contributed by atoms with Gasteiger partial charge in [0.05, 0.1) is 11.5 Å². The van der Waals surface area contributed by atoms with E-state index in [0.717, 1.165) is 12.8 Å². The fourth-order valence-corrected chi connectivity index (χ4v) is 2.36. The van der Waals surface area contributed by atoms with Crippen molar-refractivity contribution < 1.29 is 19.4 Å². The van der Waals surface area contributed by atoms with Crippen molar-refractivity contribution in [2.24, 2.45) is 5.41 Å². The average Bonchev–Trinajstić information content (AvgIpc) is 2.26. The second-order valence-electron chi connectivity index (χ2n) is 6.71. The number of hydrogen-bond donors (Lipinski definition) is 1. The molecule has 1 aliphatic heterocycles. The summed E-state index contributed by atoms with van der Waals surface area (Å²) < 4.78 is 5.38. The molecule has 0 bridgehead atoms. The van der Waals surface area contributed by atoms with Crippen LogP contribution in [0.1, 0.15) is 53.9 Å². The van der Waals surface area contributed by atoms with Crippen LogP contribution in [0.3, 0.4) is 0 Å². The van der Waals surface area contributed by atoms with Gasteiger partial charge in [0.2, 0.25) is 0 Å². The highest BCUT2D eigenvalue weighted by Crippen LogP contribution is 2.33. The van der Waals surface area contributed by atoms with Crippen LogP contribution in [-0.2, 0) is 9.53 Å². The maximum atomic E-state index is 12.2. The lowest BCUT2D eigenvalue weighted by molar-refractivity contribution is -0.151. The van der Waals surface area contributed by atoms with E-state index < -0.39 is 23.1 Å². The second kappa shape index (κ2) is 5.39. The lowest BCUT2D eigenvalue weighted by atomic mass is 9.79. The maximum Gasteiger partial charge on any atom is 0.410 e. The van der Waals surface area contributed by atoms with Gasteiger partial charge in [0.1, 0.15) is 5.60 Å². The van der Waals surface area contributed by atoms with Crippen LogP contribution in [0.25, 0.3) is 0 Å². The number of amides is 1. The molecule has 0 aromatic rings. The van der Waals surface area contributed by atoms with Crippen molar-refractivity contribution in [3.63, 3.8) is 0 Å². The number of rotatable bonds is 2. The van der Waals surface area contributed by atoms with E-state index in [0.29, 0.717) is 13.0 Å². The molecule has 1 saturated heterocycles. The lowest BCUT2D eigenvalue weighted by Gasteiger charge is -2.42. The van der Waals surface area contributed by atoms with Crippen molar-refractivity contribution in [2.75, 3.05) is 6.54 Å². The van der Waals surface area contributed by atoms with Crippen LogP contribution in [0, 0.1) is 5.41 Å². The Kier molecular flexibility index (Phi) is 4.48. The molecule has 1 amide bonds. The number of carboxylic acid groups (broad SMARTS) is 1. The van der Waals surface area contributed by atoms with E-state index in [4.69, 9.17) is 4.74 Å². The van der Waals surface area contributed by atoms with E-state index in [9.17, 15) is 14.7 Å². The molecule has 1 aliphatic rings. The van der Waals surface area contributed by atoms with Gasteiger partial charge in [-0.1, -0.05) is 0 Å². The Morgan fingerprint density at radius 1 is 1.16 bits per heavy atom. The number of hydrogen-bond acceptors (Lipinski definition) is 3. The summed E-state index contributed by atoms with van der Waals surface area (Å²) in [5.74, 6) is -0.882. The fourth-order valence-electron chi connectivity index (χ4n) is 2.36. The van der Waals surface area contributed by atoms with Gasteiger partial charge in [-0.05, 0) is 53.9 Å². The third kappa shape index (κ3) is 3.85. The van der Waals surface area contributed by atoms with Crippen molar-refractivity contribution in [1.29, 1.82) is 0 Å². The molecule has 1 atom stereocenters. The Balaban J connectivity index is 2.90. The molecule has 1 heterocycles. The minimum atomic E-state index is -0.961. The van der Waals surface area contributed by atoms with Gasteiger partial charge in [0, 0.05) is 6.54 Å². The molecule has 0 aromatic carbocycles. The number of likely N-dealkylation sites (tertiary alicyclic amines) is 1. The maximum absolute atomic E-state index is 12.2. The van der Waals surface area contributed by atoms with Crippen molar-refractivity contribution in [3.05, 3.63) is 0 Å². The SMILES string of the molecule is CC(C)(C)OC(=O)N1CCCC[C@@H]1C(C)(C)C(=O)O. The number of ether oxygens (including phenoxy) is 1. The van der Waals surface area contributed by atoms with Gasteiger partial charge in [-0.15, -0.1) is 0 Å². The topological polar surface area (TPSA) is 66.8 Å². The van der Waals surface area contributed by atoms with E-state index in [1.54, 1.807) is 18.7 Å². The molecular formula is C14H25NO4. The summed E-state index contributed by atoms with van der Waals surface area (Å²) in [5.41, 5.74) is -1.52. The third-order valence-electron chi connectivity index (χ3n) is 3.52. The molecule has 1 fully saturated rings. The number of carbonyl (C=O) groups excluding carboxylic acids is 1. The van der Waals surface area contributed by atoms with Gasteiger partial charge >= 0.3 is 12.1 Å². The second-order valence-corrected chi connectivity index (χ2v) is 6.71. The molecule has 5 nitrogen and oxygen atoms in total. The standard InChI is InChI=1S/C14H25NO4/c1-13(2,3)19-12(18)15-9-7-6-8-10(15)14(4,5)11(16)17/h10H,6-9H2,1-5H3,(H,16,17)/t10-/m1/s1. The number of aliphatic carboxylic acids is 1. The minimum absolute atomic E-state index is 0.311. The van der Waals surface area contributed by atoms with Crippen molar-refractivity contribution >= 4 is 12.1 Å². The third-order valence-corrected chi connectivity index (χ3v) is 3.52. The van der Waals surface area contributed by atoms with Crippen molar-refractivity contribution in [1.82, 2.24) is 4.90 Å². The molecule has 0 saturated carbocycles. The molecule has 1 N–H and O–H groups in total. The zero-order valence-electron chi connectivity index (χ0n) is 12.5. The summed E-state index contributed by atoms with van der Waals surface area (Å²) in [7, 11) is 0. The van der Waals surface area contributed by atoms with Crippen molar-refractivity contribution in [3.8, 4) is 0 Å². The number of nitrogens with zero attached hydrogens (tertiary/aromatic N) is 1. The first-order valence-corrected chi connectivity index (χ1v) is 6.79. The highest BCUT2D eigenvalue weighted by atomic mass is 16.6. The Morgan fingerprint density at radius 2 is 1.74 bits per heavy atom. The zero-order chi connectivity index (χ0) is 14.8. The quantitative estimate of drug-likeness (QED) is 0.838. The number of piperidine rings is 1. The van der Waals surface area contributed by atoms with Crippen LogP contribution in [0.4, 0.5) is 4.79 Å². The predicted molar refractivity (Wildman–Crippen MR) is 72.0 cm³/mol. The van der Waals surface area contributed by atoms with Crippen LogP contribution >= 0.6 is 0 Å². The average molecular weight is 271 g/mol. The highest BCUT2D eigenvalue weighted by Gasteiger charge is 2.44. The first kappa shape index (κ1) is 15.8. The van der Waals surface area contributed by atoms with Gasteiger partial charge in [-0.25, -0.2) is 4.79 Å². The fraction of sp³-hybridized carbons (Fsp3) is 0.857. The molecule has 19 heavy (non-hydrogen) atoms. The van der Waals surface area contributed by atoms with Crippen LogP contribution in [0.15, 0.2) is 0 Å². The van der Waals surface area contributed by atoms with Crippen molar-refractivity contribution in [2.45, 2.75) is 65.5 Å². The molecule has 0 aromatic heterocycles. The molecular weight excluding hydrogens is 246 g/mol. The normalized spacial score (nSPS) is 21.1. The van der Waals surface area contributed by atoms with E-state index in [1.165, 1.54) is 0 Å². The van der Waals surface area contributed by atoms with E-state index in [1.807, 2.05) is 20.8 Å². The first-order valence-electron chi connectivity index (χ1n) is 6.79. The van der Waals surface area contributed by atoms with Crippen LogP contribution in [0.2, 0.25) is 0 Å². The summed E-state index contributed by atoms with van der Waals surface area (Å²) in [4.78, 5) is 25.2. The molecule has 1 rings (SSSR count). The Labute approximate surface area is 114 Å². The van der Waals surface area contributed by atoms with Gasteiger partial charge in [0.25, 0.3) is 0 Å². The Hall–Kier alpha value is -1.26. The lowest BCUT2D eigenvalue weighted by Crippen LogP contribution is -2.54. The molecule has 5 heteroatoms. The van der Waals surface area contributed by atoms with Gasteiger partial charge in [-0.2, -0.15) is 0 Å². The van der Waals surface area contributed by atoms with Gasteiger partial charge < -0.3 is 14.7 Å². The summed E-state index contributed by atoms with van der Waals surface area (Å²) in [6.07, 6.45) is 2.14. The summed E-state index contributed by atoms with van der Waals surface area (Å²) >= 11 is 0. The molecule has 0 aliphatic carbocycles. The minimum Gasteiger partial charge on any atom is -0.481 e. The van der Waals surface area contributed by atoms with Crippen LogP contribution in [0.5, 0.6) is 0 Å². The first-order chi connectivity index (χ1) is 8.55. The monoisotopic (exact) mass is 271 g/mol. The molecule has 0 spiro atoms. The molecule has 0 unspecified atom stereocenters. The summed E-state index contributed by atoms with van der Waals surface area (Å²) in [5, 5.41) is 9.35. The molecule has 0 radical (unpaired) electrons. The highest BCUT2D eigenvalue weighted by molar-refractivity contribution is 5.76. The van der Waals surface area contributed by atoms with Crippen LogP contribution in [-0.4, -0.2) is 40.3 Å². The molecule has 110 valence electrons. The summed E-state index contributed by atoms with van der Waals surface area (Å²) in [6.45, 7) is 9.34. The van der Waals surface area contributed by atoms with Crippen LogP contribution < -0.4 is 0 Å². The number of carboxylic acids is 1. The number of carbonyl (C=O) groups is 2. The van der Waals surface area contributed by atoms with E-state index >= 15 is 0 Å². The van der Waals surface area contributed by atoms with Gasteiger partial charge in [-0.3, -0.25) is 4.79 Å². The summed E-state index contributed by atoms with van der Waals surface area (Å²) in [6, 6.07) is -0.311. The predicted octanol–water partition coefficient (Wildman–Crippen LogP) is 2.89. The Morgan fingerprint density at radius 3 is 2.21 bits per heavy atom. The van der Waals surface area contributed by atoms with Gasteiger partial charge in [0.15, 0.2) is 0 Å². The van der Waals surface area contributed by atoms with E-state index in [2.05, 4.69) is 0 Å². The smallest absolute Gasteiger partial charge is 0.410 e. The zero-order valence-corrected chi connectivity index (χ0v) is 12.5. The largest absolute Gasteiger partial charge is 0.481 e.